The predicted octanol–water partition coefficient (Wildman–Crippen LogP) is 1.10. The molecule has 2 rings (SSSR count). The van der Waals surface area contributed by atoms with Gasteiger partial charge in [-0.1, -0.05) is 12.1 Å². The van der Waals surface area contributed by atoms with Crippen LogP contribution in [0.2, 0.25) is 0 Å². The maximum absolute atomic E-state index is 13.4. The average Bonchev–Trinajstić information content (AvgIpc) is 2.28. The number of benzene rings is 1. The summed E-state index contributed by atoms with van der Waals surface area (Å²) in [5.41, 5.74) is 0.105. The third-order valence-corrected chi connectivity index (χ3v) is 2.23. The lowest BCUT2D eigenvalue weighted by molar-refractivity contribution is -0.133. The number of ether oxygens (including phenoxy) is 1. The molecule has 0 bridgehead atoms. The van der Waals surface area contributed by atoms with E-state index in [4.69, 9.17) is 0 Å². The first kappa shape index (κ1) is 10.4. The van der Waals surface area contributed by atoms with Gasteiger partial charge in [0.25, 0.3) is 5.91 Å². The molecule has 1 heterocycles. The summed E-state index contributed by atoms with van der Waals surface area (Å²) >= 11 is 0. The Labute approximate surface area is 90.7 Å². The van der Waals surface area contributed by atoms with Crippen LogP contribution in [0.25, 0.3) is 5.57 Å². The molecule has 0 saturated heterocycles. The number of carbonyl (C=O) groups is 2. The Morgan fingerprint density at radius 1 is 1.44 bits per heavy atom. The second-order valence-electron chi connectivity index (χ2n) is 3.13. The van der Waals surface area contributed by atoms with Gasteiger partial charge < -0.3 is 4.74 Å². The van der Waals surface area contributed by atoms with Crippen LogP contribution < -0.4 is 5.32 Å². The van der Waals surface area contributed by atoms with Crippen molar-refractivity contribution in [3.05, 3.63) is 41.3 Å². The highest BCUT2D eigenvalue weighted by Gasteiger charge is 2.27. The van der Waals surface area contributed by atoms with Gasteiger partial charge in [-0.2, -0.15) is 0 Å². The Kier molecular flexibility index (Phi) is 2.44. The lowest BCUT2D eigenvalue weighted by Crippen LogP contribution is -2.22. The number of hydrogen-bond acceptors (Lipinski definition) is 3. The largest absolute Gasteiger partial charge is 0.465 e. The highest BCUT2D eigenvalue weighted by molar-refractivity contribution is 6.21. The molecule has 0 aromatic heterocycles. The van der Waals surface area contributed by atoms with E-state index in [2.05, 4.69) is 10.1 Å². The molecule has 16 heavy (non-hydrogen) atoms. The van der Waals surface area contributed by atoms with E-state index < -0.39 is 17.7 Å². The van der Waals surface area contributed by atoms with Gasteiger partial charge in [-0.05, 0) is 6.07 Å². The number of carbonyl (C=O) groups excluding carboxylic acids is 2. The van der Waals surface area contributed by atoms with Crippen LogP contribution in [0, 0.1) is 5.82 Å². The molecule has 0 aliphatic carbocycles. The Balaban J connectivity index is 2.61. The molecule has 1 radical (unpaired) electrons. The Hall–Kier alpha value is -2.17. The van der Waals surface area contributed by atoms with Crippen molar-refractivity contribution in [1.29, 1.82) is 0 Å². The molecule has 1 aromatic rings. The molecule has 5 heteroatoms. The first-order chi connectivity index (χ1) is 7.65. The minimum atomic E-state index is -0.694. The fourth-order valence-corrected chi connectivity index (χ4v) is 1.50. The van der Waals surface area contributed by atoms with Crippen LogP contribution in [-0.2, 0) is 9.53 Å². The van der Waals surface area contributed by atoms with E-state index in [9.17, 15) is 14.0 Å². The van der Waals surface area contributed by atoms with E-state index in [1.54, 1.807) is 0 Å². The van der Waals surface area contributed by atoms with Crippen molar-refractivity contribution in [2.24, 2.45) is 0 Å². The Morgan fingerprint density at radius 2 is 2.19 bits per heavy atom. The second kappa shape index (κ2) is 3.77. The van der Waals surface area contributed by atoms with Gasteiger partial charge in [0.1, 0.15) is 5.82 Å². The number of fused-ring (bicyclic) bond motifs is 1. The van der Waals surface area contributed by atoms with Gasteiger partial charge in [-0.25, -0.2) is 14.5 Å². The van der Waals surface area contributed by atoms with Gasteiger partial charge in [0.05, 0.1) is 18.2 Å². The summed E-state index contributed by atoms with van der Waals surface area (Å²) in [5, 5.41) is 3.44. The molecule has 0 atom stereocenters. The average molecular weight is 220 g/mol. The number of hydrogen-bond donors (Lipinski definition) is 0. The molecular weight excluding hydrogens is 213 g/mol. The van der Waals surface area contributed by atoms with E-state index in [1.807, 2.05) is 0 Å². The summed E-state index contributed by atoms with van der Waals surface area (Å²) in [7, 11) is 1.21. The summed E-state index contributed by atoms with van der Waals surface area (Å²) in [6.45, 7) is 0. The highest BCUT2D eigenvalue weighted by Crippen LogP contribution is 2.26. The smallest absolute Gasteiger partial charge is 0.340 e. The third kappa shape index (κ3) is 1.46. The molecule has 1 aliphatic rings. The van der Waals surface area contributed by atoms with Crippen molar-refractivity contribution in [2.75, 3.05) is 7.11 Å². The molecule has 0 saturated carbocycles. The van der Waals surface area contributed by atoms with E-state index in [0.717, 1.165) is 12.3 Å². The lowest BCUT2D eigenvalue weighted by atomic mass is 9.97. The summed E-state index contributed by atoms with van der Waals surface area (Å²) in [5.74, 6) is -2.04. The third-order valence-electron chi connectivity index (χ3n) is 2.23. The topological polar surface area (TPSA) is 57.5 Å². The van der Waals surface area contributed by atoms with Crippen molar-refractivity contribution in [3.63, 3.8) is 0 Å². The van der Waals surface area contributed by atoms with Crippen LogP contribution in [0.3, 0.4) is 0 Å². The zero-order valence-corrected chi connectivity index (χ0v) is 8.36. The first-order valence-electron chi connectivity index (χ1n) is 4.47. The fraction of sp³-hybridized carbons (Fsp3) is 0.0909. The summed E-state index contributed by atoms with van der Waals surface area (Å²) in [4.78, 5) is 22.7. The second-order valence-corrected chi connectivity index (χ2v) is 3.13. The molecule has 0 fully saturated rings. The predicted molar refractivity (Wildman–Crippen MR) is 52.9 cm³/mol. The zero-order valence-electron chi connectivity index (χ0n) is 8.36. The Bertz CT molecular complexity index is 508. The van der Waals surface area contributed by atoms with E-state index in [1.165, 1.54) is 19.2 Å². The summed E-state index contributed by atoms with van der Waals surface area (Å²) in [6.07, 6.45) is 1.09. The normalized spacial score (nSPS) is 13.6. The van der Waals surface area contributed by atoms with E-state index >= 15 is 0 Å². The van der Waals surface area contributed by atoms with Crippen molar-refractivity contribution >= 4 is 17.4 Å². The monoisotopic (exact) mass is 220 g/mol. The van der Waals surface area contributed by atoms with Gasteiger partial charge in [0.15, 0.2) is 0 Å². The van der Waals surface area contributed by atoms with Gasteiger partial charge in [-0.15, -0.1) is 0 Å². The number of rotatable bonds is 1. The van der Waals surface area contributed by atoms with Gasteiger partial charge in [0.2, 0.25) is 0 Å². The first-order valence-corrected chi connectivity index (χ1v) is 4.47. The zero-order chi connectivity index (χ0) is 11.7. The van der Waals surface area contributed by atoms with Crippen molar-refractivity contribution in [1.82, 2.24) is 5.32 Å². The minimum absolute atomic E-state index is 0.0802. The molecule has 1 aliphatic heterocycles. The van der Waals surface area contributed by atoms with E-state index in [-0.39, 0.29) is 16.7 Å². The molecule has 4 nitrogen and oxygen atoms in total. The van der Waals surface area contributed by atoms with Crippen LogP contribution in [0.5, 0.6) is 0 Å². The summed E-state index contributed by atoms with van der Waals surface area (Å²) < 4.78 is 17.9. The van der Waals surface area contributed by atoms with E-state index in [0.29, 0.717) is 0 Å². The van der Waals surface area contributed by atoms with Gasteiger partial charge in [-0.3, -0.25) is 4.79 Å². The Morgan fingerprint density at radius 3 is 2.88 bits per heavy atom. The molecule has 1 aromatic carbocycles. The quantitative estimate of drug-likeness (QED) is 0.666. The number of halogens is 1. The van der Waals surface area contributed by atoms with Crippen LogP contribution in [0.1, 0.15) is 15.9 Å². The van der Waals surface area contributed by atoms with Crippen molar-refractivity contribution < 1.29 is 18.7 Å². The standard InChI is InChI=1S/C11H7FNO3/c1-16-11(15)7-5-13-10(14)9-6(7)3-2-4-8(9)12/h2-5H,1H3. The maximum atomic E-state index is 13.4. The molecule has 0 unspecified atom stereocenters. The lowest BCUT2D eigenvalue weighted by Gasteiger charge is -2.14. The number of nitrogens with zero attached hydrogens (tertiary/aromatic N) is 1. The number of methoxy groups -OCH3 is 1. The molecule has 81 valence electrons. The van der Waals surface area contributed by atoms with Crippen LogP contribution in [-0.4, -0.2) is 19.0 Å². The number of esters is 1. The van der Waals surface area contributed by atoms with Crippen LogP contribution in [0.15, 0.2) is 24.4 Å². The number of amides is 1. The molecule has 0 spiro atoms. The van der Waals surface area contributed by atoms with Gasteiger partial charge >= 0.3 is 5.97 Å². The fourth-order valence-electron chi connectivity index (χ4n) is 1.50. The summed E-state index contributed by atoms with van der Waals surface area (Å²) in [6, 6.07) is 4.05. The van der Waals surface area contributed by atoms with Crippen LogP contribution in [0.4, 0.5) is 4.39 Å². The van der Waals surface area contributed by atoms with Crippen molar-refractivity contribution in [2.45, 2.75) is 0 Å². The van der Waals surface area contributed by atoms with Gasteiger partial charge in [0, 0.05) is 11.8 Å². The molecule has 0 N–H and O–H groups in total. The molecule has 1 amide bonds. The highest BCUT2D eigenvalue weighted by atomic mass is 19.1. The van der Waals surface area contributed by atoms with Crippen LogP contribution >= 0.6 is 0 Å². The minimum Gasteiger partial charge on any atom is -0.465 e. The SMILES string of the molecule is COC(=O)C1=C[N]C(=O)c2c(F)cccc21. The maximum Gasteiger partial charge on any atom is 0.340 e. The van der Waals surface area contributed by atoms with Crippen molar-refractivity contribution in [3.8, 4) is 0 Å². The molecular formula is C11H7FNO3.